The van der Waals surface area contributed by atoms with Gasteiger partial charge >= 0.3 is 5.51 Å². The number of alkyl halides is 3. The minimum atomic E-state index is -4.64. The lowest BCUT2D eigenvalue weighted by molar-refractivity contribution is -0.133. The number of thioether (sulfide) groups is 1. The molecule has 0 saturated carbocycles. The smallest absolute Gasteiger partial charge is 0.446 e. The Labute approximate surface area is 156 Å². The predicted molar refractivity (Wildman–Crippen MR) is 86.8 cm³/mol. The van der Waals surface area contributed by atoms with Crippen molar-refractivity contribution in [3.63, 3.8) is 0 Å². The van der Waals surface area contributed by atoms with Crippen LogP contribution in [0.3, 0.4) is 0 Å². The Bertz CT molecular complexity index is 730. The van der Waals surface area contributed by atoms with Crippen molar-refractivity contribution in [1.29, 1.82) is 0 Å². The Kier molecular flexibility index (Phi) is 6.44. The molecule has 1 unspecified atom stereocenters. The second-order valence-electron chi connectivity index (χ2n) is 5.60. The van der Waals surface area contributed by atoms with Crippen molar-refractivity contribution in [3.8, 4) is 11.5 Å². The lowest BCUT2D eigenvalue weighted by Gasteiger charge is -2.23. The Morgan fingerprint density at radius 3 is 2.48 bits per heavy atom. The quantitative estimate of drug-likeness (QED) is 0.383. The van der Waals surface area contributed by atoms with E-state index in [4.69, 9.17) is 14.7 Å². The van der Waals surface area contributed by atoms with Crippen molar-refractivity contribution >= 4 is 23.6 Å². The summed E-state index contributed by atoms with van der Waals surface area (Å²) in [7, 11) is 2.37. The third kappa shape index (κ3) is 4.76. The van der Waals surface area contributed by atoms with Crippen molar-refractivity contribution in [3.05, 3.63) is 17.7 Å². The molecule has 1 heterocycles. The second kappa shape index (κ2) is 8.23. The van der Waals surface area contributed by atoms with E-state index >= 15 is 0 Å². The Balaban J connectivity index is 2.46. The number of nitrogens with zero attached hydrogens (tertiary/aromatic N) is 1. The molecule has 0 aliphatic carbocycles. The Morgan fingerprint density at radius 2 is 1.96 bits per heavy atom. The van der Waals surface area contributed by atoms with Crippen LogP contribution < -0.4 is 15.0 Å². The number of hydrogen-bond acceptors (Lipinski definition) is 7. The number of aliphatic hydroxyl groups is 1. The van der Waals surface area contributed by atoms with Crippen LogP contribution in [-0.4, -0.2) is 65.4 Å². The SMILES string of the molecule is COc1cc(C(=O)N2CC(O)C[C@@H]2C(=O)NO)cc(SC(F)(F)F)c1OC. The van der Waals surface area contributed by atoms with E-state index in [9.17, 15) is 27.9 Å². The summed E-state index contributed by atoms with van der Waals surface area (Å²) in [6, 6.07) is 0.991. The number of halogens is 3. The van der Waals surface area contributed by atoms with Crippen LogP contribution in [0, 0.1) is 0 Å². The topological polar surface area (TPSA) is 108 Å². The average molecular weight is 410 g/mol. The molecule has 150 valence electrons. The van der Waals surface area contributed by atoms with Crippen LogP contribution in [0.2, 0.25) is 0 Å². The zero-order chi connectivity index (χ0) is 20.4. The molecule has 2 rings (SSSR count). The third-order valence-electron chi connectivity index (χ3n) is 3.87. The molecule has 0 aromatic heterocycles. The number of aliphatic hydroxyl groups excluding tert-OH is 1. The first kappa shape index (κ1) is 21.1. The maximum absolute atomic E-state index is 12.8. The van der Waals surface area contributed by atoms with Crippen molar-refractivity contribution in [2.24, 2.45) is 0 Å². The number of carbonyl (C=O) groups is 2. The summed E-state index contributed by atoms with van der Waals surface area (Å²) in [5.74, 6) is -2.00. The fourth-order valence-electron chi connectivity index (χ4n) is 2.78. The van der Waals surface area contributed by atoms with E-state index < -0.39 is 46.1 Å². The van der Waals surface area contributed by atoms with Gasteiger partial charge in [-0.15, -0.1) is 0 Å². The average Bonchev–Trinajstić information content (AvgIpc) is 2.99. The molecule has 0 bridgehead atoms. The minimum absolute atomic E-state index is 0.0991. The highest BCUT2D eigenvalue weighted by Gasteiger charge is 2.40. The zero-order valence-electron chi connectivity index (χ0n) is 14.2. The number of β-amino-alcohol motifs (C(OH)–C–C–N with tert-alkyl or cyclic N) is 1. The van der Waals surface area contributed by atoms with E-state index in [0.29, 0.717) is 0 Å². The van der Waals surface area contributed by atoms with Crippen LogP contribution in [0.15, 0.2) is 17.0 Å². The van der Waals surface area contributed by atoms with Gasteiger partial charge < -0.3 is 19.5 Å². The van der Waals surface area contributed by atoms with Gasteiger partial charge in [-0.3, -0.25) is 14.8 Å². The summed E-state index contributed by atoms with van der Waals surface area (Å²) >= 11 is -0.477. The fourth-order valence-corrected chi connectivity index (χ4v) is 3.49. The van der Waals surface area contributed by atoms with E-state index in [2.05, 4.69) is 0 Å². The largest absolute Gasteiger partial charge is 0.493 e. The van der Waals surface area contributed by atoms with Gasteiger partial charge in [0.25, 0.3) is 11.8 Å². The molecule has 3 N–H and O–H groups in total. The van der Waals surface area contributed by atoms with Crippen LogP contribution in [0.25, 0.3) is 0 Å². The van der Waals surface area contributed by atoms with Crippen LogP contribution in [-0.2, 0) is 4.79 Å². The Hall–Kier alpha value is -2.18. The van der Waals surface area contributed by atoms with E-state index in [0.717, 1.165) is 18.1 Å². The number of likely N-dealkylation sites (tertiary alicyclic amines) is 1. The molecule has 2 atom stereocenters. The summed E-state index contributed by atoms with van der Waals surface area (Å²) < 4.78 is 48.5. The molecule has 1 fully saturated rings. The van der Waals surface area contributed by atoms with Crippen molar-refractivity contribution in [1.82, 2.24) is 10.4 Å². The maximum Gasteiger partial charge on any atom is 0.446 e. The van der Waals surface area contributed by atoms with E-state index in [1.54, 1.807) is 0 Å². The van der Waals surface area contributed by atoms with Crippen LogP contribution in [0.5, 0.6) is 11.5 Å². The van der Waals surface area contributed by atoms with Crippen LogP contribution in [0.1, 0.15) is 16.8 Å². The van der Waals surface area contributed by atoms with Gasteiger partial charge in [-0.1, -0.05) is 0 Å². The first-order chi connectivity index (χ1) is 12.6. The van der Waals surface area contributed by atoms with Gasteiger partial charge in [0.15, 0.2) is 11.5 Å². The minimum Gasteiger partial charge on any atom is -0.493 e. The molecule has 27 heavy (non-hydrogen) atoms. The third-order valence-corrected chi connectivity index (χ3v) is 4.62. The number of benzene rings is 1. The fraction of sp³-hybridized carbons (Fsp3) is 0.467. The number of hydroxylamine groups is 1. The predicted octanol–water partition coefficient (Wildman–Crippen LogP) is 1.40. The summed E-state index contributed by atoms with van der Waals surface area (Å²) in [5.41, 5.74) is -3.42. The molecule has 8 nitrogen and oxygen atoms in total. The van der Waals surface area contributed by atoms with E-state index in [-0.39, 0.29) is 30.0 Å². The normalized spacial score (nSPS) is 19.7. The summed E-state index contributed by atoms with van der Waals surface area (Å²) in [6.45, 7) is -0.215. The Morgan fingerprint density at radius 1 is 1.30 bits per heavy atom. The van der Waals surface area contributed by atoms with Gasteiger partial charge in [0.1, 0.15) is 6.04 Å². The number of carbonyl (C=O) groups excluding carboxylic acids is 2. The summed E-state index contributed by atoms with van der Waals surface area (Å²) in [6.07, 6.45) is -1.13. The lowest BCUT2D eigenvalue weighted by atomic mass is 10.1. The molecule has 1 aliphatic rings. The molecular weight excluding hydrogens is 393 g/mol. The molecule has 0 spiro atoms. The van der Waals surface area contributed by atoms with E-state index in [1.807, 2.05) is 0 Å². The number of rotatable bonds is 5. The van der Waals surface area contributed by atoms with Gasteiger partial charge in [-0.05, 0) is 23.9 Å². The highest BCUT2D eigenvalue weighted by molar-refractivity contribution is 8.00. The number of nitrogens with one attached hydrogen (secondary N) is 1. The zero-order valence-corrected chi connectivity index (χ0v) is 15.1. The number of methoxy groups -OCH3 is 2. The van der Waals surface area contributed by atoms with Gasteiger partial charge in [0, 0.05) is 18.5 Å². The van der Waals surface area contributed by atoms with Crippen molar-refractivity contribution in [2.75, 3.05) is 20.8 Å². The highest BCUT2D eigenvalue weighted by atomic mass is 32.2. The molecule has 12 heteroatoms. The first-order valence-corrected chi connectivity index (χ1v) is 8.37. The number of amides is 2. The molecule has 1 aromatic rings. The summed E-state index contributed by atoms with van der Waals surface area (Å²) in [4.78, 5) is 25.1. The molecule has 1 aliphatic heterocycles. The monoisotopic (exact) mass is 410 g/mol. The van der Waals surface area contributed by atoms with Gasteiger partial charge in [-0.2, -0.15) is 13.2 Å². The van der Waals surface area contributed by atoms with Gasteiger partial charge in [0.2, 0.25) is 0 Å². The number of hydrogen-bond donors (Lipinski definition) is 3. The van der Waals surface area contributed by atoms with Crippen molar-refractivity contribution < 1.29 is 42.5 Å². The molecule has 0 radical (unpaired) electrons. The lowest BCUT2D eigenvalue weighted by Crippen LogP contribution is -2.45. The molecular formula is C15H17F3N2O6S. The van der Waals surface area contributed by atoms with Gasteiger partial charge in [-0.25, -0.2) is 5.48 Å². The maximum atomic E-state index is 12.8. The first-order valence-electron chi connectivity index (χ1n) is 7.56. The van der Waals surface area contributed by atoms with Crippen LogP contribution >= 0.6 is 11.8 Å². The highest BCUT2D eigenvalue weighted by Crippen LogP contribution is 2.46. The second-order valence-corrected chi connectivity index (χ2v) is 6.70. The van der Waals surface area contributed by atoms with Crippen molar-refractivity contribution in [2.45, 2.75) is 29.0 Å². The van der Waals surface area contributed by atoms with Gasteiger partial charge in [0.05, 0.1) is 25.2 Å². The molecule has 1 aromatic carbocycles. The van der Waals surface area contributed by atoms with Crippen LogP contribution in [0.4, 0.5) is 13.2 Å². The molecule has 1 saturated heterocycles. The summed E-state index contributed by atoms with van der Waals surface area (Å²) in [5, 5.41) is 18.5. The van der Waals surface area contributed by atoms with E-state index in [1.165, 1.54) is 18.7 Å². The standard InChI is InChI=1S/C15H17F3N2O6S/c1-25-10-3-7(4-11(12(10)26-2)27-15(16,17)18)14(23)20-6-8(21)5-9(20)13(22)19-24/h3-4,8-9,21,24H,5-6H2,1-2H3,(H,19,22)/t8?,9-/m1/s1. The number of ether oxygens (including phenoxy) is 2. The molecule has 2 amide bonds.